The van der Waals surface area contributed by atoms with Crippen LogP contribution in [0.25, 0.3) is 0 Å². The number of carbonyl (C=O) groups is 1. The molecular formula is C15H11IO2. The van der Waals surface area contributed by atoms with Gasteiger partial charge in [0.05, 0.1) is 12.2 Å². The lowest BCUT2D eigenvalue weighted by molar-refractivity contribution is 0.103. The summed E-state index contributed by atoms with van der Waals surface area (Å²) < 4.78 is 6.56. The molecule has 0 aliphatic carbocycles. The Labute approximate surface area is 119 Å². The first-order valence-corrected chi connectivity index (χ1v) is 6.89. The van der Waals surface area contributed by atoms with Crippen molar-refractivity contribution in [2.75, 3.05) is 6.61 Å². The van der Waals surface area contributed by atoms with Gasteiger partial charge in [0.25, 0.3) is 0 Å². The molecule has 0 N–H and O–H groups in total. The molecule has 0 radical (unpaired) electrons. The third-order valence-electron chi connectivity index (χ3n) is 3.08. The topological polar surface area (TPSA) is 26.3 Å². The minimum absolute atomic E-state index is 0.0405. The van der Waals surface area contributed by atoms with Crippen LogP contribution in [0.1, 0.15) is 21.5 Å². The van der Waals surface area contributed by atoms with Gasteiger partial charge in [0.2, 0.25) is 0 Å². The van der Waals surface area contributed by atoms with Crippen LogP contribution >= 0.6 is 22.6 Å². The Bertz CT molecular complexity index is 620. The maximum atomic E-state index is 12.5. The van der Waals surface area contributed by atoms with E-state index in [4.69, 9.17) is 4.74 Å². The van der Waals surface area contributed by atoms with Gasteiger partial charge in [-0.25, -0.2) is 0 Å². The van der Waals surface area contributed by atoms with Crippen molar-refractivity contribution >= 4 is 28.4 Å². The zero-order chi connectivity index (χ0) is 12.5. The van der Waals surface area contributed by atoms with Gasteiger partial charge in [-0.05, 0) is 46.4 Å². The van der Waals surface area contributed by atoms with E-state index in [2.05, 4.69) is 22.6 Å². The van der Waals surface area contributed by atoms with Gasteiger partial charge in [0.1, 0.15) is 5.75 Å². The average molecular weight is 350 g/mol. The number of hydrogen-bond acceptors (Lipinski definition) is 2. The van der Waals surface area contributed by atoms with E-state index >= 15 is 0 Å². The molecule has 2 aromatic carbocycles. The van der Waals surface area contributed by atoms with Crippen LogP contribution in [0.15, 0.2) is 42.5 Å². The molecule has 0 aromatic heterocycles. The summed E-state index contributed by atoms with van der Waals surface area (Å²) in [5, 5.41) is 0. The Morgan fingerprint density at radius 2 is 1.83 bits per heavy atom. The van der Waals surface area contributed by atoms with Gasteiger partial charge in [0, 0.05) is 15.6 Å². The minimum Gasteiger partial charge on any atom is -0.492 e. The number of para-hydroxylation sites is 1. The van der Waals surface area contributed by atoms with Gasteiger partial charge < -0.3 is 4.74 Å². The van der Waals surface area contributed by atoms with E-state index in [-0.39, 0.29) is 5.78 Å². The molecule has 0 saturated heterocycles. The standard InChI is InChI=1S/C15H11IO2/c16-13-7-2-1-5-11(13)14(17)12-6-3-4-10-8-9-18-15(10)12/h1-7H,8-9H2. The maximum Gasteiger partial charge on any atom is 0.197 e. The first-order valence-electron chi connectivity index (χ1n) is 5.81. The molecule has 0 fully saturated rings. The van der Waals surface area contributed by atoms with Crippen LogP contribution in [0, 0.1) is 3.57 Å². The lowest BCUT2D eigenvalue weighted by Gasteiger charge is -2.08. The van der Waals surface area contributed by atoms with Crippen LogP contribution in [0.2, 0.25) is 0 Å². The molecule has 2 nitrogen and oxygen atoms in total. The van der Waals surface area contributed by atoms with Gasteiger partial charge in [-0.1, -0.05) is 24.3 Å². The van der Waals surface area contributed by atoms with E-state index in [1.807, 2.05) is 42.5 Å². The van der Waals surface area contributed by atoms with Crippen LogP contribution < -0.4 is 4.74 Å². The predicted octanol–water partition coefficient (Wildman–Crippen LogP) is 3.46. The molecule has 0 spiro atoms. The predicted molar refractivity (Wildman–Crippen MR) is 78.2 cm³/mol. The lowest BCUT2D eigenvalue weighted by atomic mass is 10.00. The van der Waals surface area contributed by atoms with Crippen molar-refractivity contribution in [2.24, 2.45) is 0 Å². The highest BCUT2D eigenvalue weighted by atomic mass is 127. The number of ether oxygens (including phenoxy) is 1. The van der Waals surface area contributed by atoms with Gasteiger partial charge in [-0.2, -0.15) is 0 Å². The third-order valence-corrected chi connectivity index (χ3v) is 4.02. The summed E-state index contributed by atoms with van der Waals surface area (Å²) in [6.45, 7) is 0.672. The highest BCUT2D eigenvalue weighted by molar-refractivity contribution is 14.1. The fourth-order valence-corrected chi connectivity index (χ4v) is 2.82. The summed E-state index contributed by atoms with van der Waals surface area (Å²) in [6.07, 6.45) is 0.891. The quantitative estimate of drug-likeness (QED) is 0.613. The molecule has 18 heavy (non-hydrogen) atoms. The highest BCUT2D eigenvalue weighted by Crippen LogP contribution is 2.31. The van der Waals surface area contributed by atoms with E-state index in [9.17, 15) is 4.79 Å². The zero-order valence-electron chi connectivity index (χ0n) is 9.65. The Kier molecular flexibility index (Phi) is 3.07. The lowest BCUT2D eigenvalue weighted by Crippen LogP contribution is -2.05. The van der Waals surface area contributed by atoms with Gasteiger partial charge >= 0.3 is 0 Å². The molecule has 1 heterocycles. The Morgan fingerprint density at radius 3 is 2.67 bits per heavy atom. The number of rotatable bonds is 2. The van der Waals surface area contributed by atoms with Crippen LogP contribution in [0.3, 0.4) is 0 Å². The summed E-state index contributed by atoms with van der Waals surface area (Å²) in [5.74, 6) is 0.806. The van der Waals surface area contributed by atoms with E-state index in [1.165, 1.54) is 0 Å². The second-order valence-electron chi connectivity index (χ2n) is 4.20. The monoisotopic (exact) mass is 350 g/mol. The first kappa shape index (κ1) is 11.7. The van der Waals surface area contributed by atoms with Gasteiger partial charge in [-0.15, -0.1) is 0 Å². The van der Waals surface area contributed by atoms with Crippen molar-refractivity contribution in [1.82, 2.24) is 0 Å². The van der Waals surface area contributed by atoms with Crippen molar-refractivity contribution < 1.29 is 9.53 Å². The fraction of sp³-hybridized carbons (Fsp3) is 0.133. The van der Waals surface area contributed by atoms with Crippen LogP contribution in [0.4, 0.5) is 0 Å². The van der Waals surface area contributed by atoms with Crippen molar-refractivity contribution in [2.45, 2.75) is 6.42 Å². The van der Waals surface area contributed by atoms with E-state index < -0.39 is 0 Å². The second-order valence-corrected chi connectivity index (χ2v) is 5.36. The molecule has 0 atom stereocenters. The number of hydrogen-bond donors (Lipinski definition) is 0. The summed E-state index contributed by atoms with van der Waals surface area (Å²) in [4.78, 5) is 12.5. The summed E-state index contributed by atoms with van der Waals surface area (Å²) >= 11 is 2.19. The van der Waals surface area contributed by atoms with E-state index in [0.717, 1.165) is 26.9 Å². The molecule has 0 unspecified atom stereocenters. The Balaban J connectivity index is 2.09. The second kappa shape index (κ2) is 4.72. The number of carbonyl (C=O) groups excluding carboxylic acids is 1. The Hall–Kier alpha value is -1.36. The van der Waals surface area contributed by atoms with Crippen molar-refractivity contribution in [3.8, 4) is 5.75 Å². The number of ketones is 1. The SMILES string of the molecule is O=C(c1ccccc1I)c1cccc2c1OCC2. The average Bonchev–Trinajstić information content (AvgIpc) is 2.86. The summed E-state index contributed by atoms with van der Waals surface area (Å²) in [6, 6.07) is 13.4. The molecule has 1 aliphatic rings. The summed E-state index contributed by atoms with van der Waals surface area (Å²) in [7, 11) is 0. The molecule has 0 amide bonds. The smallest absolute Gasteiger partial charge is 0.197 e. The van der Waals surface area contributed by atoms with Crippen LogP contribution in [0.5, 0.6) is 5.75 Å². The number of benzene rings is 2. The van der Waals surface area contributed by atoms with Crippen LogP contribution in [-0.4, -0.2) is 12.4 Å². The summed E-state index contributed by atoms with van der Waals surface area (Å²) in [5.41, 5.74) is 2.54. The van der Waals surface area contributed by atoms with Crippen molar-refractivity contribution in [1.29, 1.82) is 0 Å². The van der Waals surface area contributed by atoms with Crippen molar-refractivity contribution in [3.05, 3.63) is 62.7 Å². The van der Waals surface area contributed by atoms with E-state index in [0.29, 0.717) is 12.2 Å². The van der Waals surface area contributed by atoms with E-state index in [1.54, 1.807) is 0 Å². The third kappa shape index (κ3) is 1.92. The molecule has 3 rings (SSSR count). The van der Waals surface area contributed by atoms with Crippen molar-refractivity contribution in [3.63, 3.8) is 0 Å². The normalized spacial score (nSPS) is 12.9. The van der Waals surface area contributed by atoms with Gasteiger partial charge in [0.15, 0.2) is 5.78 Å². The first-order chi connectivity index (χ1) is 8.77. The molecule has 0 bridgehead atoms. The Morgan fingerprint density at radius 1 is 1.06 bits per heavy atom. The maximum absolute atomic E-state index is 12.5. The minimum atomic E-state index is 0.0405. The molecule has 0 saturated carbocycles. The largest absolute Gasteiger partial charge is 0.492 e. The molecule has 2 aromatic rings. The molecular weight excluding hydrogens is 339 g/mol. The zero-order valence-corrected chi connectivity index (χ0v) is 11.8. The molecule has 3 heteroatoms. The van der Waals surface area contributed by atoms with Crippen LogP contribution in [-0.2, 0) is 6.42 Å². The number of fused-ring (bicyclic) bond motifs is 1. The molecule has 1 aliphatic heterocycles. The van der Waals surface area contributed by atoms with Gasteiger partial charge in [-0.3, -0.25) is 4.79 Å². The molecule has 90 valence electrons. The fourth-order valence-electron chi connectivity index (χ4n) is 2.18. The highest BCUT2D eigenvalue weighted by Gasteiger charge is 2.22. The number of halogens is 1.